The third kappa shape index (κ3) is 10.2. The second-order valence-electron chi connectivity index (χ2n) is 13.0. The van der Waals surface area contributed by atoms with Gasteiger partial charge in [-0.15, -0.1) is 5.06 Å². The number of unbranched alkanes of at least 4 members (excludes halogenated alkanes) is 1. The molecule has 278 valence electrons. The van der Waals surface area contributed by atoms with E-state index in [1.807, 2.05) is 13.0 Å². The molecule has 3 heterocycles. The molecule has 3 N–H and O–H groups in total. The average molecular weight is 712 g/mol. The molecule has 51 heavy (non-hydrogen) atoms. The van der Waals surface area contributed by atoms with Gasteiger partial charge in [0.25, 0.3) is 11.8 Å². The second-order valence-corrected chi connectivity index (χ2v) is 13.0. The van der Waals surface area contributed by atoms with Crippen LogP contribution < -0.4 is 15.4 Å². The second kappa shape index (κ2) is 18.5. The Bertz CT molecular complexity index is 1490. The molecule has 2 saturated heterocycles. The first-order chi connectivity index (χ1) is 24.8. The molecule has 0 unspecified atom stereocenters. The van der Waals surface area contributed by atoms with Gasteiger partial charge in [0.2, 0.25) is 17.7 Å². The Balaban J connectivity index is 1.22. The van der Waals surface area contributed by atoms with E-state index in [9.17, 15) is 29.1 Å². The van der Waals surface area contributed by atoms with E-state index in [4.69, 9.17) is 14.3 Å². The molecule has 1 aromatic heterocycles. The number of ether oxygens (including phenoxy) is 2. The van der Waals surface area contributed by atoms with Gasteiger partial charge in [-0.1, -0.05) is 31.5 Å². The van der Waals surface area contributed by atoms with Crippen molar-refractivity contribution >= 4 is 29.8 Å². The molecule has 1 aliphatic carbocycles. The van der Waals surface area contributed by atoms with Gasteiger partial charge in [0.1, 0.15) is 12.1 Å². The summed E-state index contributed by atoms with van der Waals surface area (Å²) in [4.78, 5) is 73.6. The Morgan fingerprint density at radius 3 is 2.43 bits per heavy atom. The Hall–Kier alpha value is -4.70. The summed E-state index contributed by atoms with van der Waals surface area (Å²) in [6, 6.07) is 9.04. The van der Waals surface area contributed by atoms with Gasteiger partial charge in [-0.3, -0.25) is 19.2 Å². The lowest BCUT2D eigenvalue weighted by atomic mass is 9.93. The summed E-state index contributed by atoms with van der Waals surface area (Å²) in [5.41, 5.74) is 0.544. The molecule has 2 aromatic rings. The van der Waals surface area contributed by atoms with Crippen LogP contribution in [0.2, 0.25) is 0 Å². The molecule has 0 bridgehead atoms. The number of likely N-dealkylation sites (tertiary alicyclic amines) is 1. The number of aromatic nitrogens is 2. The van der Waals surface area contributed by atoms with E-state index in [-0.39, 0.29) is 94.2 Å². The molecule has 3 aliphatic rings. The highest BCUT2D eigenvalue weighted by Gasteiger charge is 2.36. The number of nitrogens with one attached hydrogen (secondary N) is 2. The maximum absolute atomic E-state index is 13.6. The fourth-order valence-corrected chi connectivity index (χ4v) is 6.18. The first-order valence-electron chi connectivity index (χ1n) is 18.0. The van der Waals surface area contributed by atoms with Crippen LogP contribution in [-0.2, 0) is 24.0 Å². The van der Waals surface area contributed by atoms with E-state index in [0.717, 1.165) is 32.1 Å². The Labute approximate surface area is 297 Å². The molecular formula is C35H49N7O9. The number of hydroxylamine groups is 2. The normalized spacial score (nSPS) is 18.4. The van der Waals surface area contributed by atoms with Crippen LogP contribution in [-0.4, -0.2) is 130 Å². The van der Waals surface area contributed by atoms with E-state index in [1.165, 1.54) is 15.8 Å². The number of hydrogen-bond acceptors (Lipinski definition) is 11. The van der Waals surface area contributed by atoms with Gasteiger partial charge in [0.05, 0.1) is 25.4 Å². The van der Waals surface area contributed by atoms with Gasteiger partial charge in [-0.05, 0) is 63.5 Å². The van der Waals surface area contributed by atoms with Crippen LogP contribution in [0.25, 0.3) is 5.69 Å². The van der Waals surface area contributed by atoms with Crippen molar-refractivity contribution in [2.45, 2.75) is 82.8 Å². The molecular weight excluding hydrogens is 662 g/mol. The Morgan fingerprint density at radius 1 is 0.980 bits per heavy atom. The largest absolute Gasteiger partial charge is 0.527 e. The number of piperazine rings is 1. The maximum Gasteiger partial charge on any atom is 0.527 e. The standard InChI is InChI=1S/C35H49N7O9/c1-2-3-22-49-35(48)51-40-19-17-39(18-20-40)34(47)27(14-9-21-43)37-32(45)28-23-31(42(38-28)26-12-5-4-6-13-26)50-24-30(44)41-16-8-15-29(41)33(46)36-25-10-7-11-25/h4-6,12-13,23,25,27,29,43H,2-3,7-11,14-22,24H2,1H3,(H,36,46)(H,37,45)/t27-,29-/m0/s1. The Kier molecular flexibility index (Phi) is 13.6. The predicted octanol–water partition coefficient (Wildman–Crippen LogP) is 1.79. The SMILES string of the molecule is CCCCOC(=O)ON1CCN(C(=O)[C@H](CCCO)NC(=O)c2cc(OCC(=O)N3CCC[C@H]3C(=O)NC3CCC3)n(-c3ccccc3)n2)CC1. The summed E-state index contributed by atoms with van der Waals surface area (Å²) >= 11 is 0. The van der Waals surface area contributed by atoms with E-state index in [0.29, 0.717) is 25.1 Å². The molecule has 5 rings (SSSR count). The lowest BCUT2D eigenvalue weighted by Gasteiger charge is -2.35. The van der Waals surface area contributed by atoms with Gasteiger partial charge in [-0.2, -0.15) is 5.10 Å². The van der Waals surface area contributed by atoms with Crippen LogP contribution >= 0.6 is 0 Å². The Morgan fingerprint density at radius 2 is 1.75 bits per heavy atom. The molecule has 16 nitrogen and oxygen atoms in total. The monoisotopic (exact) mass is 711 g/mol. The van der Waals surface area contributed by atoms with Crippen molar-refractivity contribution in [2.24, 2.45) is 0 Å². The molecule has 2 atom stereocenters. The van der Waals surface area contributed by atoms with Crippen molar-refractivity contribution in [1.29, 1.82) is 0 Å². The van der Waals surface area contributed by atoms with Gasteiger partial charge in [0, 0.05) is 38.3 Å². The smallest absolute Gasteiger partial charge is 0.467 e. The van der Waals surface area contributed by atoms with Crippen LogP contribution in [0.4, 0.5) is 4.79 Å². The van der Waals surface area contributed by atoms with Crippen LogP contribution in [0.5, 0.6) is 5.88 Å². The summed E-state index contributed by atoms with van der Waals surface area (Å²) in [6.45, 7) is 3.20. The fraction of sp³-hybridized carbons (Fsp3) is 0.600. The van der Waals surface area contributed by atoms with E-state index in [1.54, 1.807) is 34.1 Å². The van der Waals surface area contributed by atoms with Crippen molar-refractivity contribution in [3.8, 4) is 11.6 Å². The third-order valence-electron chi connectivity index (χ3n) is 9.31. The molecule has 2 aliphatic heterocycles. The minimum absolute atomic E-state index is 0.0400. The highest BCUT2D eigenvalue weighted by molar-refractivity contribution is 5.96. The first kappa shape index (κ1) is 37.6. The van der Waals surface area contributed by atoms with Crippen molar-refractivity contribution in [3.05, 3.63) is 42.1 Å². The average Bonchev–Trinajstić information content (AvgIpc) is 3.79. The van der Waals surface area contributed by atoms with Crippen molar-refractivity contribution < 1.29 is 43.4 Å². The van der Waals surface area contributed by atoms with Crippen LogP contribution in [0.1, 0.15) is 75.2 Å². The number of hydrogen-bond donors (Lipinski definition) is 3. The quantitative estimate of drug-likeness (QED) is 0.170. The number of aliphatic hydroxyl groups is 1. The summed E-state index contributed by atoms with van der Waals surface area (Å²) in [5, 5.41) is 21.2. The molecule has 1 aromatic carbocycles. The van der Waals surface area contributed by atoms with Crippen molar-refractivity contribution in [2.75, 3.05) is 52.5 Å². The number of nitrogens with zero attached hydrogens (tertiary/aromatic N) is 5. The summed E-state index contributed by atoms with van der Waals surface area (Å²) in [5.74, 6) is -1.32. The number of carbonyl (C=O) groups is 5. The van der Waals surface area contributed by atoms with Crippen LogP contribution in [0, 0.1) is 0 Å². The molecule has 16 heteroatoms. The number of amides is 4. The zero-order chi connectivity index (χ0) is 36.2. The number of benzene rings is 1. The fourth-order valence-electron chi connectivity index (χ4n) is 6.18. The first-order valence-corrected chi connectivity index (χ1v) is 18.0. The highest BCUT2D eigenvalue weighted by Crippen LogP contribution is 2.24. The lowest BCUT2D eigenvalue weighted by molar-refractivity contribution is -0.158. The third-order valence-corrected chi connectivity index (χ3v) is 9.31. The van der Waals surface area contributed by atoms with Crippen LogP contribution in [0.3, 0.4) is 0 Å². The van der Waals surface area contributed by atoms with Crippen molar-refractivity contribution in [3.63, 3.8) is 0 Å². The topological polar surface area (TPSA) is 185 Å². The van der Waals surface area contributed by atoms with E-state index < -0.39 is 24.1 Å². The number of carbonyl (C=O) groups excluding carboxylic acids is 5. The van der Waals surface area contributed by atoms with E-state index >= 15 is 0 Å². The molecule has 3 fully saturated rings. The predicted molar refractivity (Wildman–Crippen MR) is 183 cm³/mol. The molecule has 1 saturated carbocycles. The lowest BCUT2D eigenvalue weighted by Crippen LogP contribution is -2.55. The van der Waals surface area contributed by atoms with Crippen molar-refractivity contribution in [1.82, 2.24) is 35.3 Å². The number of rotatable bonds is 16. The minimum atomic E-state index is -0.956. The number of para-hydroxylation sites is 1. The van der Waals surface area contributed by atoms with Crippen LogP contribution in [0.15, 0.2) is 36.4 Å². The number of aliphatic hydroxyl groups excluding tert-OH is 1. The molecule has 0 spiro atoms. The minimum Gasteiger partial charge on any atom is -0.467 e. The highest BCUT2D eigenvalue weighted by atomic mass is 16.8. The zero-order valence-electron chi connectivity index (χ0n) is 29.2. The van der Waals surface area contributed by atoms with E-state index in [2.05, 4.69) is 15.7 Å². The molecule has 4 amide bonds. The summed E-state index contributed by atoms with van der Waals surface area (Å²) in [7, 11) is 0. The van der Waals surface area contributed by atoms with Gasteiger partial charge in [0.15, 0.2) is 12.3 Å². The zero-order valence-corrected chi connectivity index (χ0v) is 29.2. The van der Waals surface area contributed by atoms with Gasteiger partial charge in [-0.25, -0.2) is 9.48 Å². The van der Waals surface area contributed by atoms with Gasteiger partial charge < -0.3 is 39.9 Å². The maximum atomic E-state index is 13.6. The summed E-state index contributed by atoms with van der Waals surface area (Å²) < 4.78 is 12.4. The summed E-state index contributed by atoms with van der Waals surface area (Å²) in [6.07, 6.45) is 5.59. The van der Waals surface area contributed by atoms with Gasteiger partial charge >= 0.3 is 6.16 Å². The molecule has 0 radical (unpaired) electrons.